The Morgan fingerprint density at radius 1 is 0.786 bits per heavy atom. The molecular weight excluding hydrogens is 424 g/mol. The van der Waals surface area contributed by atoms with Crippen LogP contribution in [0.25, 0.3) is 5.57 Å². The zero-order valence-corrected chi connectivity index (χ0v) is 12.8. The number of hydrogen-bond donors (Lipinski definition) is 2. The lowest BCUT2D eigenvalue weighted by Crippen LogP contribution is -2.60. The Labute approximate surface area is 147 Å². The average Bonchev–Trinajstić information content (AvgIpc) is 2.53. The van der Waals surface area contributed by atoms with Crippen molar-refractivity contribution in [2.45, 2.75) is 18.5 Å². The number of nitrogens with two attached hydrogens (primary N) is 2. The van der Waals surface area contributed by atoms with Crippen molar-refractivity contribution in [3.63, 3.8) is 0 Å². The summed E-state index contributed by atoms with van der Waals surface area (Å²) in [6, 6.07) is -0.373. The molecule has 1 unspecified atom stereocenters. The van der Waals surface area contributed by atoms with Gasteiger partial charge in [0.2, 0.25) is 5.41 Å². The maximum Gasteiger partial charge on any atom is 0.412 e. The molecule has 1 aliphatic carbocycles. The Hall–Kier alpha value is -2.54. The minimum atomic E-state index is -6.71. The van der Waals surface area contributed by atoms with E-state index in [1.54, 1.807) is 0 Å². The van der Waals surface area contributed by atoms with Gasteiger partial charge in [-0.3, -0.25) is 0 Å². The highest BCUT2D eigenvalue weighted by Gasteiger charge is 2.79. The van der Waals surface area contributed by atoms with Crippen molar-refractivity contribution < 1.29 is 52.7 Å². The predicted octanol–water partition coefficient (Wildman–Crippen LogP) is 4.97. The zero-order chi connectivity index (χ0) is 22.0. The van der Waals surface area contributed by atoms with Gasteiger partial charge in [0.15, 0.2) is 29.5 Å². The molecule has 1 aromatic rings. The summed E-state index contributed by atoms with van der Waals surface area (Å²) in [6.45, 7) is 0. The Morgan fingerprint density at radius 2 is 1.25 bits per heavy atom. The highest BCUT2D eigenvalue weighted by atomic mass is 19.4. The number of hydrogen-bond acceptors (Lipinski definition) is 2. The van der Waals surface area contributed by atoms with Crippen LogP contribution in [0.4, 0.5) is 58.4 Å². The van der Waals surface area contributed by atoms with Crippen LogP contribution in [0.2, 0.25) is 0 Å². The van der Waals surface area contributed by atoms with Gasteiger partial charge in [-0.2, -0.15) is 26.3 Å². The van der Waals surface area contributed by atoms with Gasteiger partial charge >= 0.3 is 12.4 Å². The summed E-state index contributed by atoms with van der Waals surface area (Å²) in [6.07, 6.45) is -18.1. The van der Waals surface area contributed by atoms with E-state index in [4.69, 9.17) is 5.73 Å². The number of alkyl halides is 7. The fraction of sp³-hybridized carbons (Fsp3) is 0.286. The molecule has 28 heavy (non-hydrogen) atoms. The number of rotatable bonds is 1. The third-order valence-corrected chi connectivity index (χ3v) is 4.10. The molecule has 14 heteroatoms. The molecule has 0 aliphatic heterocycles. The molecule has 0 fully saturated rings. The zero-order valence-electron chi connectivity index (χ0n) is 12.8. The predicted molar refractivity (Wildman–Crippen MR) is 70.5 cm³/mol. The summed E-state index contributed by atoms with van der Waals surface area (Å²) in [5.74, 6) is -12.7. The molecule has 0 saturated carbocycles. The monoisotopic (exact) mass is 430 g/mol. The van der Waals surface area contributed by atoms with E-state index in [1.807, 2.05) is 0 Å². The lowest BCUT2D eigenvalue weighted by Gasteiger charge is -2.42. The van der Waals surface area contributed by atoms with E-state index in [9.17, 15) is 52.7 Å². The topological polar surface area (TPSA) is 52.0 Å². The van der Waals surface area contributed by atoms with E-state index in [2.05, 4.69) is 5.73 Å². The largest absolute Gasteiger partial charge is 0.412 e. The van der Waals surface area contributed by atoms with Gasteiger partial charge in [-0.1, -0.05) is 0 Å². The summed E-state index contributed by atoms with van der Waals surface area (Å²) >= 11 is 0. The van der Waals surface area contributed by atoms with Crippen LogP contribution in [0, 0.1) is 22.9 Å². The van der Waals surface area contributed by atoms with Crippen LogP contribution in [0.3, 0.4) is 0 Å². The molecule has 156 valence electrons. The number of anilines is 1. The van der Waals surface area contributed by atoms with Gasteiger partial charge in [0.05, 0.1) is 5.70 Å². The second-order valence-electron chi connectivity index (χ2n) is 5.57. The van der Waals surface area contributed by atoms with Crippen molar-refractivity contribution in [2.24, 2.45) is 11.1 Å². The van der Waals surface area contributed by atoms with Crippen LogP contribution < -0.4 is 11.5 Å². The number of nitrogen functional groups attached to an aromatic ring is 1. The third-order valence-electron chi connectivity index (χ3n) is 4.10. The number of benzene rings is 1. The Balaban J connectivity index is 3.00. The molecule has 0 bridgehead atoms. The van der Waals surface area contributed by atoms with Crippen LogP contribution in [-0.2, 0) is 0 Å². The van der Waals surface area contributed by atoms with Crippen molar-refractivity contribution in [1.29, 1.82) is 0 Å². The van der Waals surface area contributed by atoms with Gasteiger partial charge in [-0.25, -0.2) is 26.3 Å². The number of allylic oxidation sites excluding steroid dienone is 4. The van der Waals surface area contributed by atoms with Crippen molar-refractivity contribution in [2.75, 3.05) is 5.73 Å². The van der Waals surface area contributed by atoms with E-state index in [0.717, 1.165) is 0 Å². The normalized spacial score (nSPS) is 20.8. The van der Waals surface area contributed by atoms with Crippen LogP contribution in [0.15, 0.2) is 23.4 Å². The molecule has 0 saturated heterocycles. The molecule has 1 aromatic carbocycles. The average molecular weight is 430 g/mol. The Kier molecular flexibility index (Phi) is 4.85. The fourth-order valence-corrected chi connectivity index (χ4v) is 2.69. The smallest absolute Gasteiger partial charge is 0.398 e. The van der Waals surface area contributed by atoms with Crippen LogP contribution >= 0.6 is 0 Å². The summed E-state index contributed by atoms with van der Waals surface area (Å²) in [7, 11) is 0. The highest BCUT2D eigenvalue weighted by Crippen LogP contribution is 2.63. The summed E-state index contributed by atoms with van der Waals surface area (Å²) in [4.78, 5) is 0. The molecule has 0 heterocycles. The van der Waals surface area contributed by atoms with Crippen LogP contribution in [0.1, 0.15) is 5.56 Å². The minimum absolute atomic E-state index is 0.373. The van der Waals surface area contributed by atoms with E-state index in [1.165, 1.54) is 0 Å². The molecule has 1 atom stereocenters. The Morgan fingerprint density at radius 3 is 1.68 bits per heavy atom. The molecular formula is C14H6F12N2. The molecule has 0 amide bonds. The lowest BCUT2D eigenvalue weighted by atomic mass is 9.70. The van der Waals surface area contributed by atoms with E-state index in [-0.39, 0.29) is 6.07 Å². The first kappa shape index (κ1) is 21.8. The molecule has 1 aliphatic rings. The lowest BCUT2D eigenvalue weighted by molar-refractivity contribution is -0.338. The molecule has 0 aromatic heterocycles. The highest BCUT2D eigenvalue weighted by molar-refractivity contribution is 5.78. The second kappa shape index (κ2) is 6.24. The SMILES string of the molecule is NC1=C(F)C(F)=C(c2cc(F)c(N)c(F)c2F)C(F)C1(C(F)(F)F)C(F)(F)F. The van der Waals surface area contributed by atoms with Gasteiger partial charge in [0.1, 0.15) is 11.5 Å². The van der Waals surface area contributed by atoms with Crippen molar-refractivity contribution in [3.05, 3.63) is 46.4 Å². The molecule has 0 spiro atoms. The maximum atomic E-state index is 14.6. The second-order valence-corrected chi connectivity index (χ2v) is 5.57. The van der Waals surface area contributed by atoms with E-state index < -0.39 is 75.6 Å². The van der Waals surface area contributed by atoms with Gasteiger partial charge in [0.25, 0.3) is 0 Å². The number of halogens is 12. The van der Waals surface area contributed by atoms with Crippen molar-refractivity contribution in [1.82, 2.24) is 0 Å². The van der Waals surface area contributed by atoms with E-state index in [0.29, 0.717) is 0 Å². The molecule has 0 radical (unpaired) electrons. The summed E-state index contributed by atoms with van der Waals surface area (Å²) in [5.41, 5.74) is -5.80. The van der Waals surface area contributed by atoms with Gasteiger partial charge in [-0.05, 0) is 6.07 Å². The fourth-order valence-electron chi connectivity index (χ4n) is 2.69. The third kappa shape index (κ3) is 2.60. The first-order valence-corrected chi connectivity index (χ1v) is 6.78. The maximum absolute atomic E-state index is 14.6. The standard InChI is InChI=1S/C14H6F12N2/c15-3-1-2(5(16)7(18)9(3)27)4-6(17)8(19)11(28)12(10(4)20,13(21,22)23)14(24,25)26/h1,10H,27-28H2. The molecule has 4 N–H and O–H groups in total. The quantitative estimate of drug-likeness (QED) is 0.376. The van der Waals surface area contributed by atoms with E-state index >= 15 is 0 Å². The summed E-state index contributed by atoms with van der Waals surface area (Å²) in [5, 5.41) is 0. The first-order valence-electron chi connectivity index (χ1n) is 6.78. The summed E-state index contributed by atoms with van der Waals surface area (Å²) < 4.78 is 163. The van der Waals surface area contributed by atoms with Crippen LogP contribution in [0.5, 0.6) is 0 Å². The van der Waals surface area contributed by atoms with Gasteiger partial charge in [-0.15, -0.1) is 0 Å². The van der Waals surface area contributed by atoms with Gasteiger partial charge in [0, 0.05) is 11.1 Å². The Bertz CT molecular complexity index is 879. The molecule has 2 rings (SSSR count). The molecule has 2 nitrogen and oxygen atoms in total. The van der Waals surface area contributed by atoms with Crippen LogP contribution in [-0.4, -0.2) is 18.5 Å². The first-order chi connectivity index (χ1) is 12.5. The van der Waals surface area contributed by atoms with Crippen molar-refractivity contribution >= 4 is 11.3 Å². The van der Waals surface area contributed by atoms with Gasteiger partial charge < -0.3 is 11.5 Å². The minimum Gasteiger partial charge on any atom is -0.398 e. The van der Waals surface area contributed by atoms with Crippen molar-refractivity contribution in [3.8, 4) is 0 Å².